The third kappa shape index (κ3) is 4.32. The van der Waals surface area contributed by atoms with Gasteiger partial charge in [0.2, 0.25) is 0 Å². The van der Waals surface area contributed by atoms with Crippen molar-refractivity contribution in [3.8, 4) is 0 Å². The van der Waals surface area contributed by atoms with Gasteiger partial charge in [-0.3, -0.25) is 4.90 Å². The van der Waals surface area contributed by atoms with Crippen molar-refractivity contribution in [3.05, 3.63) is 0 Å². The first kappa shape index (κ1) is 15.0. The molecular weight excluding hydrogens is 339 g/mol. The Kier molecular flexibility index (Phi) is 6.18. The van der Waals surface area contributed by atoms with Crippen molar-refractivity contribution < 1.29 is 4.74 Å². The molecule has 2 heterocycles. The highest BCUT2D eigenvalue weighted by atomic mass is 127. The van der Waals surface area contributed by atoms with Crippen LogP contribution in [0.4, 0.5) is 0 Å². The molecule has 0 aromatic carbocycles. The van der Waals surface area contributed by atoms with Gasteiger partial charge in [0.25, 0.3) is 0 Å². The second kappa shape index (κ2) is 7.41. The first-order valence-electron chi connectivity index (χ1n) is 7.33. The maximum absolute atomic E-state index is 5.74. The molecule has 1 atom stereocenters. The molecule has 2 rings (SSSR count). The van der Waals surface area contributed by atoms with E-state index < -0.39 is 0 Å². The molecule has 0 N–H and O–H groups in total. The van der Waals surface area contributed by atoms with Gasteiger partial charge >= 0.3 is 0 Å². The zero-order valence-electron chi connectivity index (χ0n) is 11.8. The van der Waals surface area contributed by atoms with Crippen molar-refractivity contribution >= 4 is 22.6 Å². The zero-order chi connectivity index (χ0) is 13.0. The summed E-state index contributed by atoms with van der Waals surface area (Å²) in [6, 6.07) is 0.720. The van der Waals surface area contributed by atoms with Gasteiger partial charge in [0.1, 0.15) is 0 Å². The molecule has 2 aliphatic rings. The Labute approximate surface area is 125 Å². The van der Waals surface area contributed by atoms with Crippen LogP contribution in [0.1, 0.15) is 26.7 Å². The quantitative estimate of drug-likeness (QED) is 0.561. The monoisotopic (exact) mass is 366 g/mol. The Hall–Kier alpha value is 0.610. The Morgan fingerprint density at radius 1 is 1.22 bits per heavy atom. The van der Waals surface area contributed by atoms with Gasteiger partial charge in [0.15, 0.2) is 0 Å². The lowest BCUT2D eigenvalue weighted by atomic mass is 9.95. The van der Waals surface area contributed by atoms with E-state index in [9.17, 15) is 0 Å². The predicted molar refractivity (Wildman–Crippen MR) is 84.5 cm³/mol. The van der Waals surface area contributed by atoms with Crippen molar-refractivity contribution in [1.29, 1.82) is 0 Å². The summed E-state index contributed by atoms with van der Waals surface area (Å²) < 4.78 is 6.86. The summed E-state index contributed by atoms with van der Waals surface area (Å²) >= 11 is 2.44. The van der Waals surface area contributed by atoms with Crippen LogP contribution in [0.25, 0.3) is 0 Å². The molecule has 106 valence electrons. The second-order valence-corrected chi connectivity index (χ2v) is 6.86. The highest BCUT2D eigenvalue weighted by Gasteiger charge is 2.25. The Morgan fingerprint density at radius 2 is 1.94 bits per heavy atom. The van der Waals surface area contributed by atoms with Gasteiger partial charge in [-0.15, -0.1) is 0 Å². The normalized spacial score (nSPS) is 29.0. The summed E-state index contributed by atoms with van der Waals surface area (Å²) in [6.07, 6.45) is 3.23. The summed E-state index contributed by atoms with van der Waals surface area (Å²) in [5.74, 6) is 0.910. The van der Waals surface area contributed by atoms with E-state index in [1.54, 1.807) is 0 Å². The third-order valence-electron chi connectivity index (χ3n) is 4.29. The molecule has 0 saturated carbocycles. The molecule has 0 aromatic rings. The molecule has 0 bridgehead atoms. The van der Waals surface area contributed by atoms with E-state index in [0.717, 1.165) is 36.1 Å². The molecule has 0 amide bonds. The van der Waals surface area contributed by atoms with Crippen LogP contribution in [0.2, 0.25) is 0 Å². The van der Waals surface area contributed by atoms with Crippen molar-refractivity contribution in [3.63, 3.8) is 0 Å². The number of piperidine rings is 1. The summed E-state index contributed by atoms with van der Waals surface area (Å²) in [4.78, 5) is 5.24. The number of likely N-dealkylation sites (tertiary alicyclic amines) is 1. The lowest BCUT2D eigenvalue weighted by Gasteiger charge is -2.39. The van der Waals surface area contributed by atoms with E-state index in [-0.39, 0.29) is 0 Å². The number of ether oxygens (including phenoxy) is 1. The number of halogens is 1. The molecule has 0 spiro atoms. The standard InChI is InChI=1S/C14H27IN2O/c1-12(2)17-5-3-13(4-6-17)10-16-7-8-18-14(9-15)11-16/h12-14H,3-11H2,1-2H3/t14-/m1/s1. The van der Waals surface area contributed by atoms with E-state index >= 15 is 0 Å². The summed E-state index contributed by atoms with van der Waals surface area (Å²) in [7, 11) is 0. The van der Waals surface area contributed by atoms with Crippen LogP contribution in [0, 0.1) is 5.92 Å². The van der Waals surface area contributed by atoms with Crippen LogP contribution in [0.3, 0.4) is 0 Å². The fraction of sp³-hybridized carbons (Fsp3) is 1.00. The third-order valence-corrected chi connectivity index (χ3v) is 5.27. The average molecular weight is 366 g/mol. The fourth-order valence-corrected chi connectivity index (χ4v) is 3.59. The van der Waals surface area contributed by atoms with Crippen molar-refractivity contribution in [2.24, 2.45) is 5.92 Å². The summed E-state index contributed by atoms with van der Waals surface area (Å²) in [5.41, 5.74) is 0. The summed E-state index contributed by atoms with van der Waals surface area (Å²) in [5, 5.41) is 0. The molecular formula is C14H27IN2O. The number of nitrogens with zero attached hydrogens (tertiary/aromatic N) is 2. The van der Waals surface area contributed by atoms with Gasteiger partial charge in [0, 0.05) is 30.1 Å². The Morgan fingerprint density at radius 3 is 2.56 bits per heavy atom. The van der Waals surface area contributed by atoms with Crippen LogP contribution in [-0.2, 0) is 4.74 Å². The second-order valence-electron chi connectivity index (χ2n) is 5.98. The van der Waals surface area contributed by atoms with Gasteiger partial charge < -0.3 is 9.64 Å². The highest BCUT2D eigenvalue weighted by molar-refractivity contribution is 14.1. The van der Waals surface area contributed by atoms with E-state index in [2.05, 4.69) is 46.2 Å². The molecule has 3 nitrogen and oxygen atoms in total. The van der Waals surface area contributed by atoms with Crippen molar-refractivity contribution in [2.45, 2.75) is 38.8 Å². The summed E-state index contributed by atoms with van der Waals surface area (Å²) in [6.45, 7) is 11.7. The molecule has 18 heavy (non-hydrogen) atoms. The van der Waals surface area contributed by atoms with Crippen LogP contribution in [0.15, 0.2) is 0 Å². The molecule has 2 saturated heterocycles. The largest absolute Gasteiger partial charge is 0.375 e. The van der Waals surface area contributed by atoms with Crippen molar-refractivity contribution in [2.75, 3.05) is 43.8 Å². The lowest BCUT2D eigenvalue weighted by molar-refractivity contribution is -0.0229. The Balaban J connectivity index is 1.71. The molecule has 0 aliphatic carbocycles. The Bertz CT molecular complexity index is 242. The first-order chi connectivity index (χ1) is 8.69. The zero-order valence-corrected chi connectivity index (χ0v) is 13.9. The predicted octanol–water partition coefficient (Wildman–Crippen LogP) is 2.24. The van der Waals surface area contributed by atoms with E-state index in [1.807, 2.05) is 0 Å². The number of morpholine rings is 1. The van der Waals surface area contributed by atoms with Crippen LogP contribution < -0.4 is 0 Å². The number of rotatable bonds is 4. The van der Waals surface area contributed by atoms with Gasteiger partial charge in [-0.1, -0.05) is 22.6 Å². The van der Waals surface area contributed by atoms with Gasteiger partial charge in [-0.25, -0.2) is 0 Å². The van der Waals surface area contributed by atoms with E-state index in [0.29, 0.717) is 6.10 Å². The van der Waals surface area contributed by atoms with Gasteiger partial charge in [-0.2, -0.15) is 0 Å². The van der Waals surface area contributed by atoms with E-state index in [1.165, 1.54) is 32.5 Å². The van der Waals surface area contributed by atoms with E-state index in [4.69, 9.17) is 4.74 Å². The maximum atomic E-state index is 5.74. The minimum atomic E-state index is 0.468. The molecule has 2 fully saturated rings. The molecule has 4 heteroatoms. The fourth-order valence-electron chi connectivity index (χ4n) is 3.06. The molecule has 0 unspecified atom stereocenters. The number of hydrogen-bond acceptors (Lipinski definition) is 3. The highest BCUT2D eigenvalue weighted by Crippen LogP contribution is 2.21. The van der Waals surface area contributed by atoms with Crippen LogP contribution in [-0.4, -0.2) is 65.7 Å². The number of hydrogen-bond donors (Lipinski definition) is 0. The van der Waals surface area contributed by atoms with Crippen LogP contribution >= 0.6 is 22.6 Å². The molecule has 0 aromatic heterocycles. The van der Waals surface area contributed by atoms with Crippen molar-refractivity contribution in [1.82, 2.24) is 9.80 Å². The first-order valence-corrected chi connectivity index (χ1v) is 8.85. The SMILES string of the molecule is CC(C)N1CCC(CN2CCO[C@H](CI)C2)CC1. The van der Waals surface area contributed by atoms with Crippen LogP contribution in [0.5, 0.6) is 0 Å². The maximum Gasteiger partial charge on any atom is 0.0791 e. The minimum absolute atomic E-state index is 0.468. The number of alkyl halides is 1. The van der Waals surface area contributed by atoms with Gasteiger partial charge in [-0.05, 0) is 45.7 Å². The minimum Gasteiger partial charge on any atom is -0.375 e. The lowest BCUT2D eigenvalue weighted by Crippen LogP contribution is -2.47. The molecule has 0 radical (unpaired) electrons. The average Bonchev–Trinajstić information content (AvgIpc) is 2.39. The smallest absolute Gasteiger partial charge is 0.0791 e. The topological polar surface area (TPSA) is 15.7 Å². The van der Waals surface area contributed by atoms with Gasteiger partial charge in [0.05, 0.1) is 12.7 Å². The molecule has 2 aliphatic heterocycles.